The molecule has 52 valence electrons. The second kappa shape index (κ2) is 3.42. The first kappa shape index (κ1) is 7.35. The van der Waals surface area contributed by atoms with Crippen molar-refractivity contribution >= 4 is 18.1 Å². The average Bonchev–Trinajstić information content (AvgIpc) is 2.05. The summed E-state index contributed by atoms with van der Waals surface area (Å²) in [4.78, 5) is 0. The molecule has 1 nitrogen and oxygen atoms in total. The molecule has 0 N–H and O–H groups in total. The van der Waals surface area contributed by atoms with Crippen LogP contribution in [0.5, 0.6) is 0 Å². The molecule has 0 amide bonds. The van der Waals surface area contributed by atoms with Gasteiger partial charge in [-0.25, -0.2) is 0 Å². The lowest BCUT2D eigenvalue weighted by molar-refractivity contribution is 1.14. The lowest BCUT2D eigenvalue weighted by atomic mass is 10.2. The standard InChI is InChI=1S/C8H9NS/c1-2-7-3-5-8(9-10)6-4-7/h3-6H,2H2,1H3. The van der Waals surface area contributed by atoms with Crippen LogP contribution < -0.4 is 0 Å². The maximum absolute atomic E-state index is 4.52. The van der Waals surface area contributed by atoms with E-state index in [0.717, 1.165) is 12.1 Å². The van der Waals surface area contributed by atoms with Crippen LogP contribution in [0, 0.1) is 0 Å². The molecular formula is C8H9NS. The number of nitrogens with zero attached hydrogens (tertiary/aromatic N) is 1. The first-order valence-corrected chi connectivity index (χ1v) is 3.65. The van der Waals surface area contributed by atoms with Crippen LogP contribution in [-0.4, -0.2) is 0 Å². The molecule has 10 heavy (non-hydrogen) atoms. The highest BCUT2D eigenvalue weighted by Crippen LogP contribution is 2.11. The predicted octanol–water partition coefficient (Wildman–Crippen LogP) is 2.61. The molecule has 0 aliphatic carbocycles. The SMILES string of the molecule is CCc1ccc(N=S)cc1. The van der Waals surface area contributed by atoms with Crippen molar-refractivity contribution in [2.45, 2.75) is 13.3 Å². The monoisotopic (exact) mass is 151 g/mol. The molecule has 0 saturated heterocycles. The van der Waals surface area contributed by atoms with Gasteiger partial charge in [-0.1, -0.05) is 19.1 Å². The summed E-state index contributed by atoms with van der Waals surface area (Å²) in [5, 5.41) is 0. The van der Waals surface area contributed by atoms with Gasteiger partial charge in [-0.2, -0.15) is 4.36 Å². The van der Waals surface area contributed by atoms with Crippen molar-refractivity contribution in [1.29, 1.82) is 0 Å². The van der Waals surface area contributed by atoms with Crippen LogP contribution in [0.1, 0.15) is 12.5 Å². The Morgan fingerprint density at radius 3 is 2.30 bits per heavy atom. The Morgan fingerprint density at radius 2 is 1.90 bits per heavy atom. The summed E-state index contributed by atoms with van der Waals surface area (Å²) in [6, 6.07) is 7.97. The average molecular weight is 151 g/mol. The Morgan fingerprint density at radius 1 is 1.30 bits per heavy atom. The van der Waals surface area contributed by atoms with E-state index in [2.05, 4.69) is 23.7 Å². The molecule has 0 radical (unpaired) electrons. The van der Waals surface area contributed by atoms with E-state index in [1.54, 1.807) is 0 Å². The molecule has 1 aromatic rings. The second-order valence-corrected chi connectivity index (χ2v) is 2.29. The van der Waals surface area contributed by atoms with E-state index in [1.165, 1.54) is 5.56 Å². The quantitative estimate of drug-likeness (QED) is 0.633. The minimum absolute atomic E-state index is 0.868. The first-order valence-electron chi connectivity index (χ1n) is 3.29. The van der Waals surface area contributed by atoms with E-state index >= 15 is 0 Å². The molecule has 0 bridgehead atoms. The lowest BCUT2D eigenvalue weighted by Gasteiger charge is -1.94. The fourth-order valence-electron chi connectivity index (χ4n) is 0.793. The molecule has 0 unspecified atom stereocenters. The van der Waals surface area contributed by atoms with Gasteiger partial charge in [-0.15, -0.1) is 0 Å². The largest absolute Gasteiger partial charge is 0.182 e. The normalized spacial score (nSPS) is 9.30. The van der Waals surface area contributed by atoms with Gasteiger partial charge in [0.2, 0.25) is 0 Å². The maximum Gasteiger partial charge on any atom is 0.0769 e. The van der Waals surface area contributed by atoms with Gasteiger partial charge in [0.05, 0.1) is 5.69 Å². The van der Waals surface area contributed by atoms with Crippen LogP contribution in [0.3, 0.4) is 0 Å². The smallest absolute Gasteiger partial charge is 0.0769 e. The summed E-state index contributed by atoms with van der Waals surface area (Å²) in [5.41, 5.74) is 2.19. The molecule has 0 fully saturated rings. The van der Waals surface area contributed by atoms with Crippen LogP contribution >= 0.6 is 0 Å². The van der Waals surface area contributed by atoms with E-state index in [1.807, 2.05) is 24.3 Å². The zero-order valence-electron chi connectivity index (χ0n) is 5.87. The molecule has 0 aliphatic rings. The Balaban J connectivity index is 2.90. The van der Waals surface area contributed by atoms with E-state index in [-0.39, 0.29) is 0 Å². The minimum Gasteiger partial charge on any atom is -0.182 e. The van der Waals surface area contributed by atoms with Gasteiger partial charge in [0.1, 0.15) is 0 Å². The summed E-state index contributed by atoms with van der Waals surface area (Å²) in [5.74, 6) is 0. The number of hydrogen-bond acceptors (Lipinski definition) is 2. The highest BCUT2D eigenvalue weighted by molar-refractivity contribution is 7.47. The Kier molecular flexibility index (Phi) is 2.51. The zero-order chi connectivity index (χ0) is 7.40. The molecule has 0 aromatic heterocycles. The van der Waals surface area contributed by atoms with Gasteiger partial charge in [0, 0.05) is 12.4 Å². The Bertz CT molecular complexity index is 215. The highest BCUT2D eigenvalue weighted by atomic mass is 32.1. The number of hydrogen-bond donors (Lipinski definition) is 0. The van der Waals surface area contributed by atoms with E-state index in [0.29, 0.717) is 0 Å². The number of rotatable bonds is 2. The van der Waals surface area contributed by atoms with Gasteiger partial charge < -0.3 is 0 Å². The van der Waals surface area contributed by atoms with Gasteiger partial charge in [0.15, 0.2) is 0 Å². The molecule has 0 atom stereocenters. The molecule has 1 aromatic carbocycles. The van der Waals surface area contributed by atoms with Crippen LogP contribution in [0.4, 0.5) is 5.69 Å². The summed E-state index contributed by atoms with van der Waals surface area (Å²) >= 11 is 4.52. The lowest BCUT2D eigenvalue weighted by Crippen LogP contribution is -1.75. The van der Waals surface area contributed by atoms with Gasteiger partial charge >= 0.3 is 0 Å². The van der Waals surface area contributed by atoms with E-state index < -0.39 is 0 Å². The minimum atomic E-state index is 0.868. The van der Waals surface area contributed by atoms with Crippen LogP contribution in [-0.2, 0) is 18.8 Å². The zero-order valence-corrected chi connectivity index (χ0v) is 6.69. The van der Waals surface area contributed by atoms with Crippen LogP contribution in [0.15, 0.2) is 28.6 Å². The van der Waals surface area contributed by atoms with E-state index in [9.17, 15) is 0 Å². The highest BCUT2D eigenvalue weighted by Gasteiger charge is 1.88. The van der Waals surface area contributed by atoms with Gasteiger partial charge in [-0.3, -0.25) is 0 Å². The van der Waals surface area contributed by atoms with Crippen molar-refractivity contribution in [3.05, 3.63) is 29.8 Å². The fraction of sp³-hybridized carbons (Fsp3) is 0.250. The van der Waals surface area contributed by atoms with Crippen molar-refractivity contribution in [2.24, 2.45) is 4.36 Å². The first-order chi connectivity index (χ1) is 4.86. The molecule has 0 heterocycles. The third kappa shape index (κ3) is 1.61. The Labute approximate surface area is 66.3 Å². The Hall–Kier alpha value is -0.760. The van der Waals surface area contributed by atoms with Gasteiger partial charge in [-0.05, 0) is 24.1 Å². The van der Waals surface area contributed by atoms with Crippen molar-refractivity contribution in [3.8, 4) is 0 Å². The van der Waals surface area contributed by atoms with Crippen molar-refractivity contribution in [2.75, 3.05) is 0 Å². The molecule has 1 rings (SSSR count). The third-order valence-corrected chi connectivity index (χ3v) is 1.66. The summed E-state index contributed by atoms with van der Waals surface area (Å²) in [6.45, 7) is 2.12. The summed E-state index contributed by atoms with van der Waals surface area (Å²) in [7, 11) is 0. The van der Waals surface area contributed by atoms with Crippen molar-refractivity contribution in [1.82, 2.24) is 0 Å². The fourth-order valence-corrected chi connectivity index (χ4v) is 0.914. The maximum atomic E-state index is 4.52. The molecule has 0 saturated carbocycles. The molecule has 2 heteroatoms. The van der Waals surface area contributed by atoms with Crippen LogP contribution in [0.2, 0.25) is 0 Å². The molecular weight excluding hydrogens is 142 g/mol. The third-order valence-electron chi connectivity index (χ3n) is 1.45. The topological polar surface area (TPSA) is 12.4 Å². The number of aryl methyl sites for hydroxylation is 1. The summed E-state index contributed by atoms with van der Waals surface area (Å²) < 4.78 is 3.63. The van der Waals surface area contributed by atoms with Crippen molar-refractivity contribution in [3.63, 3.8) is 0 Å². The summed E-state index contributed by atoms with van der Waals surface area (Å²) in [6.07, 6.45) is 1.07. The van der Waals surface area contributed by atoms with Gasteiger partial charge in [0.25, 0.3) is 0 Å². The molecule has 0 aliphatic heterocycles. The van der Waals surface area contributed by atoms with Crippen molar-refractivity contribution < 1.29 is 0 Å². The second-order valence-electron chi connectivity index (χ2n) is 2.11. The van der Waals surface area contributed by atoms with Crippen LogP contribution in [0.25, 0.3) is 0 Å². The van der Waals surface area contributed by atoms with E-state index in [4.69, 9.17) is 0 Å². The number of benzene rings is 1. The molecule has 0 spiro atoms. The predicted molar refractivity (Wildman–Crippen MR) is 45.3 cm³/mol.